The number of hydrogen-bond donors (Lipinski definition) is 1. The van der Waals surface area contributed by atoms with Crippen LogP contribution in [0.3, 0.4) is 0 Å². The quantitative estimate of drug-likeness (QED) is 0.783. The number of carbonyl (C=O) groups excluding carboxylic acids is 1. The van der Waals surface area contributed by atoms with Gasteiger partial charge in [-0.2, -0.15) is 5.26 Å². The number of nitrogens with one attached hydrogen (secondary N) is 1. The molecule has 0 aliphatic rings. The molecule has 1 aromatic carbocycles. The number of ether oxygens (including phenoxy) is 1. The van der Waals surface area contributed by atoms with Crippen molar-refractivity contribution in [2.45, 2.75) is 6.92 Å². The van der Waals surface area contributed by atoms with Crippen molar-refractivity contribution in [2.75, 3.05) is 12.4 Å². The highest BCUT2D eigenvalue weighted by atomic mass is 35.5. The van der Waals surface area contributed by atoms with Gasteiger partial charge in [-0.05, 0) is 24.6 Å². The number of carbonyl (C=O) groups is 1. The number of rotatable bonds is 2. The molecule has 0 atom stereocenters. The summed E-state index contributed by atoms with van der Waals surface area (Å²) in [5.74, 6) is -0.191. The second-order valence-electron chi connectivity index (χ2n) is 2.87. The Kier molecular flexibility index (Phi) is 3.53. The van der Waals surface area contributed by atoms with Gasteiger partial charge < -0.3 is 10.1 Å². The number of aryl methyl sites for hydroxylation is 1. The Hall–Kier alpha value is -1.73. The maximum absolute atomic E-state index is 10.9. The molecule has 1 aromatic rings. The second kappa shape index (κ2) is 4.67. The van der Waals surface area contributed by atoms with Gasteiger partial charge in [0.2, 0.25) is 0 Å². The van der Waals surface area contributed by atoms with Gasteiger partial charge in [0.15, 0.2) is 6.07 Å². The van der Waals surface area contributed by atoms with Crippen LogP contribution in [0.25, 0.3) is 0 Å². The molecule has 15 heavy (non-hydrogen) atoms. The van der Waals surface area contributed by atoms with E-state index in [-0.39, 0.29) is 0 Å². The van der Waals surface area contributed by atoms with E-state index < -0.39 is 5.91 Å². The summed E-state index contributed by atoms with van der Waals surface area (Å²) in [6.07, 6.45) is 0. The summed E-state index contributed by atoms with van der Waals surface area (Å²) >= 11 is 5.87. The highest BCUT2D eigenvalue weighted by Gasteiger charge is 2.08. The predicted molar refractivity (Wildman–Crippen MR) is 57.0 cm³/mol. The Morgan fingerprint density at radius 1 is 1.60 bits per heavy atom. The monoisotopic (exact) mass is 224 g/mol. The number of halogens is 1. The number of nitrogens with zero attached hydrogens (tertiary/aromatic N) is 1. The summed E-state index contributed by atoms with van der Waals surface area (Å²) < 4.78 is 5.00. The molecule has 78 valence electrons. The van der Waals surface area contributed by atoms with Gasteiger partial charge >= 0.3 is 5.91 Å². The van der Waals surface area contributed by atoms with Crippen molar-refractivity contribution in [3.63, 3.8) is 0 Å². The zero-order valence-electron chi connectivity index (χ0n) is 8.30. The van der Waals surface area contributed by atoms with Crippen LogP contribution in [0.4, 0.5) is 5.69 Å². The minimum Gasteiger partial charge on any atom is -0.495 e. The van der Waals surface area contributed by atoms with Crippen molar-refractivity contribution in [1.29, 1.82) is 5.26 Å². The van der Waals surface area contributed by atoms with Crippen LogP contribution in [0, 0.1) is 18.3 Å². The third kappa shape index (κ3) is 2.61. The van der Waals surface area contributed by atoms with Crippen molar-refractivity contribution >= 4 is 23.2 Å². The lowest BCUT2D eigenvalue weighted by molar-refractivity contribution is -0.111. The molecule has 0 spiro atoms. The SMILES string of the molecule is COc1cc(C)c(NC(=O)C#N)cc1Cl. The van der Waals surface area contributed by atoms with Gasteiger partial charge in [0.25, 0.3) is 0 Å². The summed E-state index contributed by atoms with van der Waals surface area (Å²) in [5, 5.41) is 11.1. The molecule has 0 fully saturated rings. The maximum Gasteiger partial charge on any atom is 0.326 e. The first-order valence-corrected chi connectivity index (χ1v) is 4.51. The van der Waals surface area contributed by atoms with Crippen LogP contribution in [0.1, 0.15) is 5.56 Å². The van der Waals surface area contributed by atoms with E-state index in [1.54, 1.807) is 19.1 Å². The van der Waals surface area contributed by atoms with Crippen LogP contribution in [-0.4, -0.2) is 13.0 Å². The third-order valence-corrected chi connectivity index (χ3v) is 2.14. The van der Waals surface area contributed by atoms with Crippen molar-refractivity contribution < 1.29 is 9.53 Å². The van der Waals surface area contributed by atoms with Crippen LogP contribution in [-0.2, 0) is 4.79 Å². The normalized spacial score (nSPS) is 9.20. The van der Waals surface area contributed by atoms with Gasteiger partial charge in [-0.25, -0.2) is 0 Å². The fourth-order valence-corrected chi connectivity index (χ4v) is 1.34. The average molecular weight is 225 g/mol. The number of amides is 1. The molecule has 0 radical (unpaired) electrons. The molecule has 0 bridgehead atoms. The number of hydrogen-bond acceptors (Lipinski definition) is 3. The molecular formula is C10H9ClN2O2. The molecule has 0 saturated heterocycles. The molecule has 5 heteroatoms. The summed E-state index contributed by atoms with van der Waals surface area (Å²) in [5.41, 5.74) is 1.28. The number of anilines is 1. The molecule has 1 N–H and O–H groups in total. The highest BCUT2D eigenvalue weighted by molar-refractivity contribution is 6.32. The Morgan fingerprint density at radius 2 is 2.27 bits per heavy atom. The standard InChI is InChI=1S/C10H9ClN2O2/c1-6-3-9(15-2)7(11)4-8(6)13-10(14)5-12/h3-4H,1-2H3,(H,13,14). The minimum atomic E-state index is -0.723. The van der Waals surface area contributed by atoms with Crippen LogP contribution in [0.2, 0.25) is 5.02 Å². The van der Waals surface area contributed by atoms with E-state index in [0.29, 0.717) is 16.5 Å². The minimum absolute atomic E-state index is 0.385. The average Bonchev–Trinajstić information content (AvgIpc) is 2.22. The molecule has 0 heterocycles. The van der Waals surface area contributed by atoms with E-state index in [0.717, 1.165) is 5.56 Å². The van der Waals surface area contributed by atoms with Gasteiger partial charge in [0.1, 0.15) is 5.75 Å². The van der Waals surface area contributed by atoms with E-state index >= 15 is 0 Å². The lowest BCUT2D eigenvalue weighted by Gasteiger charge is -2.09. The molecule has 0 saturated carbocycles. The topological polar surface area (TPSA) is 62.1 Å². The number of methoxy groups -OCH3 is 1. The van der Waals surface area contributed by atoms with Crippen molar-refractivity contribution in [3.8, 4) is 11.8 Å². The molecule has 0 aromatic heterocycles. The van der Waals surface area contributed by atoms with Gasteiger partial charge in [0.05, 0.1) is 12.1 Å². The van der Waals surface area contributed by atoms with E-state index in [1.165, 1.54) is 13.2 Å². The van der Waals surface area contributed by atoms with Gasteiger partial charge in [-0.3, -0.25) is 4.79 Å². The predicted octanol–water partition coefficient (Wildman–Crippen LogP) is 2.12. The molecule has 4 nitrogen and oxygen atoms in total. The first-order chi connectivity index (χ1) is 7.08. The van der Waals surface area contributed by atoms with Crippen LogP contribution >= 0.6 is 11.6 Å². The first-order valence-electron chi connectivity index (χ1n) is 4.13. The zero-order valence-corrected chi connectivity index (χ0v) is 9.05. The Labute approximate surface area is 92.4 Å². The van der Waals surface area contributed by atoms with Crippen LogP contribution in [0.15, 0.2) is 12.1 Å². The molecular weight excluding hydrogens is 216 g/mol. The molecule has 0 aliphatic carbocycles. The lowest BCUT2D eigenvalue weighted by atomic mass is 10.2. The first kappa shape index (κ1) is 11.3. The van der Waals surface area contributed by atoms with Gasteiger partial charge in [-0.1, -0.05) is 11.6 Å². The second-order valence-corrected chi connectivity index (χ2v) is 3.27. The van der Waals surface area contributed by atoms with Crippen molar-refractivity contribution in [3.05, 3.63) is 22.7 Å². The summed E-state index contributed by atoms with van der Waals surface area (Å²) in [6, 6.07) is 4.70. The Balaban J connectivity index is 3.06. The van der Waals surface area contributed by atoms with Crippen LogP contribution in [0.5, 0.6) is 5.75 Å². The molecule has 1 amide bonds. The highest BCUT2D eigenvalue weighted by Crippen LogP contribution is 2.30. The van der Waals surface area contributed by atoms with Gasteiger partial charge in [-0.15, -0.1) is 0 Å². The largest absolute Gasteiger partial charge is 0.495 e. The summed E-state index contributed by atoms with van der Waals surface area (Å²) in [4.78, 5) is 10.9. The number of nitriles is 1. The van der Waals surface area contributed by atoms with Crippen molar-refractivity contribution in [2.24, 2.45) is 0 Å². The van der Waals surface area contributed by atoms with E-state index in [2.05, 4.69) is 5.32 Å². The van der Waals surface area contributed by atoms with E-state index in [1.807, 2.05) is 0 Å². The molecule has 0 aliphatic heterocycles. The maximum atomic E-state index is 10.9. The Bertz CT molecular complexity index is 438. The summed E-state index contributed by atoms with van der Waals surface area (Å²) in [6.45, 7) is 1.78. The Morgan fingerprint density at radius 3 is 2.80 bits per heavy atom. The zero-order chi connectivity index (χ0) is 11.4. The fourth-order valence-electron chi connectivity index (χ4n) is 1.10. The summed E-state index contributed by atoms with van der Waals surface area (Å²) in [7, 11) is 1.51. The van der Waals surface area contributed by atoms with Crippen LogP contribution < -0.4 is 10.1 Å². The van der Waals surface area contributed by atoms with Gasteiger partial charge in [0, 0.05) is 5.69 Å². The molecule has 0 unspecified atom stereocenters. The van der Waals surface area contributed by atoms with Crippen molar-refractivity contribution in [1.82, 2.24) is 0 Å². The third-order valence-electron chi connectivity index (χ3n) is 1.85. The fraction of sp³-hybridized carbons (Fsp3) is 0.200. The van der Waals surface area contributed by atoms with E-state index in [4.69, 9.17) is 21.6 Å². The van der Waals surface area contributed by atoms with E-state index in [9.17, 15) is 4.79 Å². The number of benzene rings is 1. The smallest absolute Gasteiger partial charge is 0.326 e. The molecule has 1 rings (SSSR count). The lowest BCUT2D eigenvalue weighted by Crippen LogP contribution is -2.09.